The van der Waals surface area contributed by atoms with Crippen LogP contribution >= 0.6 is 0 Å². The number of nitrogens with one attached hydrogen (secondary N) is 1. The zero-order valence-electron chi connectivity index (χ0n) is 9.79. The van der Waals surface area contributed by atoms with Crippen LogP contribution in [0, 0.1) is 5.92 Å². The van der Waals surface area contributed by atoms with Crippen molar-refractivity contribution in [3.63, 3.8) is 0 Å². The molecule has 0 spiro atoms. The Bertz CT molecular complexity index is 418. The Hall–Kier alpha value is -1.56. The molecule has 3 nitrogen and oxygen atoms in total. The van der Waals surface area contributed by atoms with Gasteiger partial charge in [-0.2, -0.15) is 13.2 Å². The number of hydrogen-bond acceptors (Lipinski definition) is 2. The molecule has 100 valence electrons. The fourth-order valence-electron chi connectivity index (χ4n) is 1.38. The minimum absolute atomic E-state index is 0.210. The summed E-state index contributed by atoms with van der Waals surface area (Å²) in [6.07, 6.45) is -4.36. The summed E-state index contributed by atoms with van der Waals surface area (Å²) in [6, 6.07) is 4.95. The van der Waals surface area contributed by atoms with E-state index >= 15 is 0 Å². The Morgan fingerprint density at radius 3 is 2.67 bits per heavy atom. The first-order valence-corrected chi connectivity index (χ1v) is 5.40. The molecular formula is C12H14F3NO2. The van der Waals surface area contributed by atoms with E-state index in [1.807, 2.05) is 0 Å². The van der Waals surface area contributed by atoms with Gasteiger partial charge in [0.2, 0.25) is 0 Å². The number of carboxylic acid groups (broad SMARTS) is 1. The van der Waals surface area contributed by atoms with Crippen molar-refractivity contribution in [1.82, 2.24) is 5.32 Å². The number of alkyl halides is 3. The zero-order valence-corrected chi connectivity index (χ0v) is 9.79. The third-order valence-corrected chi connectivity index (χ3v) is 2.46. The SMILES string of the molecule is CC(CNCc1cccc(C(F)(F)F)c1)C(=O)O. The number of benzene rings is 1. The van der Waals surface area contributed by atoms with Gasteiger partial charge in [-0.25, -0.2) is 0 Å². The summed E-state index contributed by atoms with van der Waals surface area (Å²) in [5, 5.41) is 11.5. The van der Waals surface area contributed by atoms with Crippen LogP contribution in [0.15, 0.2) is 24.3 Å². The standard InChI is InChI=1S/C12H14F3NO2/c1-8(11(17)18)6-16-7-9-3-2-4-10(5-9)12(13,14)15/h2-5,8,16H,6-7H2,1H3,(H,17,18). The number of hydrogen-bond donors (Lipinski definition) is 2. The lowest BCUT2D eigenvalue weighted by Gasteiger charge is -2.10. The summed E-state index contributed by atoms with van der Waals surface area (Å²) in [7, 11) is 0. The maximum absolute atomic E-state index is 12.4. The van der Waals surface area contributed by atoms with E-state index in [2.05, 4.69) is 5.32 Å². The van der Waals surface area contributed by atoms with Crippen LogP contribution in [-0.2, 0) is 17.5 Å². The molecule has 0 amide bonds. The van der Waals surface area contributed by atoms with E-state index in [4.69, 9.17) is 5.11 Å². The van der Waals surface area contributed by atoms with Crippen LogP contribution in [0.1, 0.15) is 18.1 Å². The van der Waals surface area contributed by atoms with Crippen LogP contribution in [0.5, 0.6) is 0 Å². The van der Waals surface area contributed by atoms with Crippen molar-refractivity contribution in [3.05, 3.63) is 35.4 Å². The molecule has 0 aliphatic heterocycles. The third-order valence-electron chi connectivity index (χ3n) is 2.46. The van der Waals surface area contributed by atoms with Gasteiger partial charge in [-0.05, 0) is 11.6 Å². The maximum atomic E-state index is 12.4. The lowest BCUT2D eigenvalue weighted by Crippen LogP contribution is -2.26. The summed E-state index contributed by atoms with van der Waals surface area (Å²) >= 11 is 0. The molecule has 1 aromatic carbocycles. The van der Waals surface area contributed by atoms with Crippen molar-refractivity contribution in [1.29, 1.82) is 0 Å². The molecular weight excluding hydrogens is 247 g/mol. The maximum Gasteiger partial charge on any atom is 0.416 e. The molecule has 0 saturated heterocycles. The lowest BCUT2D eigenvalue weighted by atomic mass is 10.1. The number of rotatable bonds is 5. The van der Waals surface area contributed by atoms with Crippen LogP contribution in [0.4, 0.5) is 13.2 Å². The molecule has 0 saturated carbocycles. The second-order valence-corrected chi connectivity index (χ2v) is 4.07. The highest BCUT2D eigenvalue weighted by Crippen LogP contribution is 2.29. The second-order valence-electron chi connectivity index (χ2n) is 4.07. The van der Waals surface area contributed by atoms with Gasteiger partial charge in [-0.1, -0.05) is 25.1 Å². The molecule has 0 heterocycles. The number of carbonyl (C=O) groups is 1. The van der Waals surface area contributed by atoms with E-state index in [1.165, 1.54) is 13.0 Å². The van der Waals surface area contributed by atoms with E-state index in [9.17, 15) is 18.0 Å². The summed E-state index contributed by atoms with van der Waals surface area (Å²) in [6.45, 7) is 1.95. The van der Waals surface area contributed by atoms with Gasteiger partial charge in [0, 0.05) is 13.1 Å². The van der Waals surface area contributed by atoms with Crippen LogP contribution in [0.3, 0.4) is 0 Å². The Kier molecular flexibility index (Phi) is 4.72. The van der Waals surface area contributed by atoms with E-state index in [1.54, 1.807) is 6.07 Å². The third kappa shape index (κ3) is 4.37. The summed E-state index contributed by atoms with van der Waals surface area (Å²) in [5.74, 6) is -1.51. The Labute approximate surface area is 103 Å². The Morgan fingerprint density at radius 1 is 1.44 bits per heavy atom. The van der Waals surface area contributed by atoms with Crippen molar-refractivity contribution in [3.8, 4) is 0 Å². The van der Waals surface area contributed by atoms with Gasteiger partial charge in [0.25, 0.3) is 0 Å². The van der Waals surface area contributed by atoms with Crippen molar-refractivity contribution in [2.75, 3.05) is 6.54 Å². The predicted molar refractivity (Wildman–Crippen MR) is 60.0 cm³/mol. The topological polar surface area (TPSA) is 49.3 Å². The minimum Gasteiger partial charge on any atom is -0.481 e. The summed E-state index contributed by atoms with van der Waals surface area (Å²) < 4.78 is 37.3. The average Bonchev–Trinajstić information content (AvgIpc) is 2.28. The molecule has 1 unspecified atom stereocenters. The Balaban J connectivity index is 2.56. The van der Waals surface area contributed by atoms with E-state index in [0.717, 1.165) is 12.1 Å². The number of carboxylic acids is 1. The van der Waals surface area contributed by atoms with Crippen LogP contribution in [0.2, 0.25) is 0 Å². The van der Waals surface area contributed by atoms with Gasteiger partial charge < -0.3 is 10.4 Å². The molecule has 0 bridgehead atoms. The summed E-state index contributed by atoms with van der Waals surface area (Å²) in [4.78, 5) is 10.5. The Morgan fingerprint density at radius 2 is 2.11 bits per heavy atom. The molecule has 0 aliphatic rings. The van der Waals surface area contributed by atoms with Crippen LogP contribution < -0.4 is 5.32 Å². The van der Waals surface area contributed by atoms with Crippen LogP contribution in [-0.4, -0.2) is 17.6 Å². The lowest BCUT2D eigenvalue weighted by molar-refractivity contribution is -0.141. The normalized spacial score (nSPS) is 13.3. The van der Waals surface area contributed by atoms with E-state index in [-0.39, 0.29) is 13.1 Å². The fourth-order valence-corrected chi connectivity index (χ4v) is 1.38. The van der Waals surface area contributed by atoms with Gasteiger partial charge >= 0.3 is 12.1 Å². The van der Waals surface area contributed by atoms with Crippen molar-refractivity contribution in [2.24, 2.45) is 5.92 Å². The molecule has 0 fully saturated rings. The van der Waals surface area contributed by atoms with Crippen molar-refractivity contribution < 1.29 is 23.1 Å². The summed E-state index contributed by atoms with van der Waals surface area (Å²) in [5.41, 5.74) is -0.226. The van der Waals surface area contributed by atoms with Gasteiger partial charge in [0.05, 0.1) is 11.5 Å². The largest absolute Gasteiger partial charge is 0.481 e. The molecule has 0 aromatic heterocycles. The molecule has 1 aromatic rings. The molecule has 1 rings (SSSR count). The highest BCUT2D eigenvalue weighted by Gasteiger charge is 2.30. The zero-order chi connectivity index (χ0) is 13.8. The monoisotopic (exact) mass is 261 g/mol. The van der Waals surface area contributed by atoms with Gasteiger partial charge in [-0.15, -0.1) is 0 Å². The van der Waals surface area contributed by atoms with Crippen molar-refractivity contribution in [2.45, 2.75) is 19.6 Å². The predicted octanol–water partition coefficient (Wildman–Crippen LogP) is 2.52. The van der Waals surface area contributed by atoms with Gasteiger partial charge in [0.15, 0.2) is 0 Å². The van der Waals surface area contributed by atoms with Gasteiger partial charge in [-0.3, -0.25) is 4.79 Å². The molecule has 18 heavy (non-hydrogen) atoms. The van der Waals surface area contributed by atoms with E-state index in [0.29, 0.717) is 5.56 Å². The molecule has 1 atom stereocenters. The van der Waals surface area contributed by atoms with Crippen LogP contribution in [0.25, 0.3) is 0 Å². The van der Waals surface area contributed by atoms with E-state index < -0.39 is 23.6 Å². The minimum atomic E-state index is -4.36. The smallest absolute Gasteiger partial charge is 0.416 e. The molecule has 0 radical (unpaired) electrons. The average molecular weight is 261 g/mol. The number of aliphatic carboxylic acids is 1. The quantitative estimate of drug-likeness (QED) is 0.856. The number of halogens is 3. The first-order chi connectivity index (χ1) is 8.30. The first-order valence-electron chi connectivity index (χ1n) is 5.40. The van der Waals surface area contributed by atoms with Crippen molar-refractivity contribution >= 4 is 5.97 Å². The molecule has 6 heteroatoms. The fraction of sp³-hybridized carbons (Fsp3) is 0.417. The first kappa shape index (κ1) is 14.5. The van der Waals surface area contributed by atoms with Gasteiger partial charge in [0.1, 0.15) is 0 Å². The second kappa shape index (κ2) is 5.86. The molecule has 0 aliphatic carbocycles. The highest BCUT2D eigenvalue weighted by molar-refractivity contribution is 5.69. The molecule has 2 N–H and O–H groups in total. The highest BCUT2D eigenvalue weighted by atomic mass is 19.4.